The van der Waals surface area contributed by atoms with Crippen molar-refractivity contribution in [3.63, 3.8) is 0 Å². The molecule has 0 aromatic rings. The van der Waals surface area contributed by atoms with Gasteiger partial charge in [0.25, 0.3) is 25.9 Å². The fourth-order valence-electron chi connectivity index (χ4n) is 0. The van der Waals surface area contributed by atoms with Crippen molar-refractivity contribution in [1.82, 2.24) is 0 Å². The summed E-state index contributed by atoms with van der Waals surface area (Å²) >= 11 is 0. The second kappa shape index (κ2) is 392. The third-order valence-corrected chi connectivity index (χ3v) is 0. The summed E-state index contributed by atoms with van der Waals surface area (Å²) < 4.78 is 0. The average Bonchev–Trinajstić information content (AvgIpc) is 2.45. The van der Waals surface area contributed by atoms with Crippen LogP contribution in [-0.2, 0) is 38.4 Å². The van der Waals surface area contributed by atoms with E-state index < -0.39 is 25.9 Å². The van der Waals surface area contributed by atoms with Crippen LogP contribution in [0.25, 0.3) is 0 Å². The van der Waals surface area contributed by atoms with Crippen molar-refractivity contribution < 1.29 is 109 Å². The second-order valence-electron chi connectivity index (χ2n) is 0.807. The number of carboxylic acid groups (broad SMARTS) is 8. The Morgan fingerprint density at radius 3 is 0.444 bits per heavy atom. The molecule has 0 saturated carbocycles. The molecule has 0 aromatic heterocycles. The summed E-state index contributed by atoms with van der Waals surface area (Å²) in [7, 11) is 0. The quantitative estimate of drug-likeness (QED) is 0.198. The summed E-state index contributed by atoms with van der Waals surface area (Å²) in [6.07, 6.45) is 0. The largest absolute Gasteiger partial charge is 3.00 e. The van der Waals surface area contributed by atoms with E-state index in [0.717, 1.165) is 0 Å². The van der Waals surface area contributed by atoms with Gasteiger partial charge >= 0.3 is 46.9 Å². The van der Waals surface area contributed by atoms with E-state index in [-0.39, 0.29) is 83.8 Å². The third kappa shape index (κ3) is 1750. The third-order valence-electron chi connectivity index (χ3n) is 0. The Morgan fingerprint density at radius 1 is 0.444 bits per heavy atom. The Hall–Kier alpha value is -2.49. The maximum atomic E-state index is 8.36. The van der Waals surface area contributed by atoms with Crippen LogP contribution in [0.5, 0.6) is 0 Å². The van der Waals surface area contributed by atoms with Gasteiger partial charge in [0.05, 0.1) is 0 Å². The van der Waals surface area contributed by atoms with Crippen LogP contribution in [0.1, 0.15) is 0 Å². The minimum atomic E-state index is -0.500. The van der Waals surface area contributed by atoms with Crippen LogP contribution in [0, 0.1) is 0 Å². The molecular weight excluding hydrogens is 430 g/mol. The first-order chi connectivity index (χ1) is 11.3. The summed E-state index contributed by atoms with van der Waals surface area (Å²) in [6, 6.07) is 0. The van der Waals surface area contributed by atoms with Crippen molar-refractivity contribution in [1.29, 1.82) is 0 Å². The Labute approximate surface area is 188 Å². The topological polar surface area (TPSA) is 310 Å². The van der Waals surface area contributed by atoms with Gasteiger partial charge in [0.1, 0.15) is 0 Å². The van der Waals surface area contributed by atoms with Crippen LogP contribution in [-0.4, -0.2) is 101 Å². The molecule has 0 heterocycles. The molecular formula is C8H16AlNaO16Si. The molecule has 16 nitrogen and oxygen atoms in total. The van der Waals surface area contributed by atoms with Gasteiger partial charge in [-0.1, -0.05) is 0 Å². The molecule has 0 aliphatic carbocycles. The smallest absolute Gasteiger partial charge is 0.554 e. The van der Waals surface area contributed by atoms with Crippen LogP contribution < -0.4 is 50.0 Å². The first kappa shape index (κ1) is 74.2. The molecule has 0 aromatic carbocycles. The van der Waals surface area contributed by atoms with Crippen molar-refractivity contribution >= 4 is 80.1 Å². The predicted molar refractivity (Wildman–Crippen MR) is 76.1 cm³/mol. The summed E-state index contributed by atoms with van der Waals surface area (Å²) in [5.41, 5.74) is 0. The minimum Gasteiger partial charge on any atom is -0.554 e. The van der Waals surface area contributed by atoms with Crippen LogP contribution in [0.15, 0.2) is 0 Å². The Bertz CT molecular complexity index is 172. The molecule has 0 aliphatic heterocycles. The van der Waals surface area contributed by atoms with E-state index >= 15 is 0 Å². The predicted octanol–water partition coefficient (Wildman–Crippen LogP) is -12.6. The molecule has 152 valence electrons. The number of hydrogen-bond donors (Lipinski definition) is 4. The molecule has 0 saturated heterocycles. The fourth-order valence-corrected chi connectivity index (χ4v) is 0. The van der Waals surface area contributed by atoms with Gasteiger partial charge < -0.3 is 60.0 Å². The van der Waals surface area contributed by atoms with Crippen molar-refractivity contribution in [3.8, 4) is 0 Å². The van der Waals surface area contributed by atoms with E-state index in [4.69, 9.17) is 79.2 Å². The summed E-state index contributed by atoms with van der Waals surface area (Å²) in [6.45, 7) is -3.00. The van der Waals surface area contributed by atoms with Gasteiger partial charge in [0, 0.05) is 25.9 Å². The molecule has 0 bridgehead atoms. The van der Waals surface area contributed by atoms with Crippen LogP contribution in [0.3, 0.4) is 0 Å². The van der Waals surface area contributed by atoms with Crippen molar-refractivity contribution in [2.45, 2.75) is 0 Å². The minimum absolute atomic E-state index is 0. The molecule has 0 unspecified atom stereocenters. The molecule has 0 amide bonds. The maximum Gasteiger partial charge on any atom is 3.00 e. The Balaban J connectivity index is -0.0000000119. The van der Waals surface area contributed by atoms with Gasteiger partial charge in [-0.05, 0) is 11.0 Å². The Morgan fingerprint density at radius 2 is 0.444 bits per heavy atom. The Kier molecular flexibility index (Phi) is 1080. The zero-order valence-electron chi connectivity index (χ0n) is 12.9. The fraction of sp³-hybridized carbons (Fsp3) is 0. The number of hydrogen-bond acceptors (Lipinski definition) is 12. The molecule has 19 heteroatoms. The summed E-state index contributed by atoms with van der Waals surface area (Å²) in [5, 5.41) is 60.6. The molecule has 0 radical (unpaired) electrons. The van der Waals surface area contributed by atoms with Crippen molar-refractivity contribution in [2.24, 2.45) is 0 Å². The van der Waals surface area contributed by atoms with Crippen molar-refractivity contribution in [3.05, 3.63) is 0 Å². The standard InChI is InChI=1S/8CH2O2.Al.Na.H4Si/c8*2-1-3;;;/h8*1H,(H,2,3);;;1H4/q;;;;;;;;+3;+1;/p-4. The zero-order valence-corrected chi connectivity index (χ0v) is 16.0. The van der Waals surface area contributed by atoms with E-state index in [1.54, 1.807) is 0 Å². The first-order valence-electron chi connectivity index (χ1n) is 3.86. The van der Waals surface area contributed by atoms with Gasteiger partial charge in [-0.25, -0.2) is 0 Å². The summed E-state index contributed by atoms with van der Waals surface area (Å²) in [4.78, 5) is 66.4. The van der Waals surface area contributed by atoms with Crippen LogP contribution in [0.2, 0.25) is 0 Å². The van der Waals surface area contributed by atoms with Crippen LogP contribution in [0.4, 0.5) is 0 Å². The van der Waals surface area contributed by atoms with Gasteiger partial charge in [-0.15, -0.1) is 0 Å². The number of carbonyl (C=O) groups is 8. The van der Waals surface area contributed by atoms with E-state index in [2.05, 4.69) is 0 Å². The molecule has 0 aliphatic rings. The van der Waals surface area contributed by atoms with Crippen molar-refractivity contribution in [2.75, 3.05) is 0 Å². The van der Waals surface area contributed by atoms with Gasteiger partial charge in [-0.3, -0.25) is 19.2 Å². The summed E-state index contributed by atoms with van der Waals surface area (Å²) in [5.74, 6) is 0. The molecule has 0 fully saturated rings. The first-order valence-corrected chi connectivity index (χ1v) is 3.86. The molecule has 27 heavy (non-hydrogen) atoms. The normalized spacial score (nSPS) is 3.56. The average molecular weight is 446 g/mol. The molecule has 4 N–H and O–H groups in total. The van der Waals surface area contributed by atoms with E-state index in [9.17, 15) is 0 Å². The monoisotopic (exact) mass is 446 g/mol. The van der Waals surface area contributed by atoms with Crippen LogP contribution >= 0.6 is 0 Å². The number of carbonyl (C=O) groups excluding carboxylic acids is 4. The molecule has 0 spiro atoms. The van der Waals surface area contributed by atoms with Gasteiger partial charge in [-0.2, -0.15) is 0 Å². The number of rotatable bonds is 0. The van der Waals surface area contributed by atoms with E-state index in [1.807, 2.05) is 0 Å². The SMILES string of the molecule is O=CO.O=CO.O=CO.O=CO.O=C[O-].O=C[O-].O=C[O-].O=C[O-].[Al+3].[Na+].[SiH4]. The zero-order chi connectivity index (χ0) is 21.7. The van der Waals surface area contributed by atoms with E-state index in [1.165, 1.54) is 0 Å². The second-order valence-corrected chi connectivity index (χ2v) is 0.807. The maximum absolute atomic E-state index is 8.36. The van der Waals surface area contributed by atoms with Gasteiger partial charge in [0.2, 0.25) is 0 Å². The molecule has 0 rings (SSSR count). The van der Waals surface area contributed by atoms with E-state index in [0.29, 0.717) is 0 Å². The molecule has 0 atom stereocenters. The van der Waals surface area contributed by atoms with Gasteiger partial charge in [0.15, 0.2) is 0 Å².